The van der Waals surface area contributed by atoms with Crippen LogP contribution in [0.3, 0.4) is 0 Å². The summed E-state index contributed by atoms with van der Waals surface area (Å²) < 4.78 is 5.17. The zero-order chi connectivity index (χ0) is 14.2. The Morgan fingerprint density at radius 1 is 1.10 bits per heavy atom. The third kappa shape index (κ3) is 3.96. The van der Waals surface area contributed by atoms with Crippen molar-refractivity contribution in [1.29, 1.82) is 0 Å². The molecule has 106 valence electrons. The van der Waals surface area contributed by atoms with Gasteiger partial charge in [-0.2, -0.15) is 0 Å². The molecule has 20 heavy (non-hydrogen) atoms. The van der Waals surface area contributed by atoms with E-state index >= 15 is 0 Å². The van der Waals surface area contributed by atoms with Gasteiger partial charge in [0.15, 0.2) is 0 Å². The maximum Gasteiger partial charge on any atom is 0.213 e. The second kappa shape index (κ2) is 7.50. The summed E-state index contributed by atoms with van der Waals surface area (Å²) in [4.78, 5) is 6.76. The van der Waals surface area contributed by atoms with Crippen LogP contribution in [0.4, 0.5) is 5.69 Å². The average Bonchev–Trinajstić information content (AvgIpc) is 2.52. The van der Waals surface area contributed by atoms with E-state index in [2.05, 4.69) is 22.0 Å². The lowest BCUT2D eigenvalue weighted by Gasteiger charge is -2.24. The van der Waals surface area contributed by atoms with Crippen LogP contribution < -0.4 is 15.4 Å². The monoisotopic (exact) mass is 271 g/mol. The highest BCUT2D eigenvalue weighted by atomic mass is 16.5. The van der Waals surface area contributed by atoms with E-state index in [9.17, 15) is 0 Å². The first kappa shape index (κ1) is 14.3. The molecule has 4 nitrogen and oxygen atoms in total. The fourth-order valence-electron chi connectivity index (χ4n) is 2.08. The Bertz CT molecular complexity index is 516. The number of aromatic nitrogens is 1. The predicted octanol–water partition coefficient (Wildman–Crippen LogP) is 2.45. The van der Waals surface area contributed by atoms with Gasteiger partial charge in [0.2, 0.25) is 5.88 Å². The second-order valence-corrected chi connectivity index (χ2v) is 4.57. The van der Waals surface area contributed by atoms with E-state index < -0.39 is 0 Å². The van der Waals surface area contributed by atoms with Gasteiger partial charge in [0, 0.05) is 18.3 Å². The second-order valence-electron chi connectivity index (χ2n) is 4.57. The molecule has 0 saturated heterocycles. The lowest BCUT2D eigenvalue weighted by Crippen LogP contribution is -2.26. The van der Waals surface area contributed by atoms with Gasteiger partial charge < -0.3 is 15.4 Å². The van der Waals surface area contributed by atoms with Crippen molar-refractivity contribution >= 4 is 5.69 Å². The highest BCUT2D eigenvalue weighted by Gasteiger charge is 2.08. The summed E-state index contributed by atoms with van der Waals surface area (Å²) >= 11 is 0. The molecule has 0 bridgehead atoms. The van der Waals surface area contributed by atoms with Crippen molar-refractivity contribution < 1.29 is 4.74 Å². The average molecular weight is 271 g/mol. The molecule has 0 atom stereocenters. The van der Waals surface area contributed by atoms with Crippen molar-refractivity contribution in [2.45, 2.75) is 13.0 Å². The number of benzene rings is 1. The Morgan fingerprint density at radius 2 is 1.90 bits per heavy atom. The lowest BCUT2D eigenvalue weighted by atomic mass is 10.2. The molecule has 1 heterocycles. The number of hydrogen-bond acceptors (Lipinski definition) is 4. The highest BCUT2D eigenvalue weighted by Crippen LogP contribution is 2.17. The maximum absolute atomic E-state index is 5.63. The zero-order valence-corrected chi connectivity index (χ0v) is 11.8. The molecule has 0 aliphatic carbocycles. The molecule has 0 aliphatic heterocycles. The molecule has 0 amide bonds. The van der Waals surface area contributed by atoms with Crippen LogP contribution in [0.2, 0.25) is 0 Å². The molecule has 1 aromatic heterocycles. The van der Waals surface area contributed by atoms with Gasteiger partial charge in [0.25, 0.3) is 0 Å². The number of methoxy groups -OCH3 is 1. The largest absolute Gasteiger partial charge is 0.481 e. The van der Waals surface area contributed by atoms with Crippen molar-refractivity contribution in [2.24, 2.45) is 5.73 Å². The van der Waals surface area contributed by atoms with Crippen molar-refractivity contribution in [3.05, 3.63) is 54.2 Å². The van der Waals surface area contributed by atoms with Gasteiger partial charge >= 0.3 is 0 Å². The molecule has 1 aromatic carbocycles. The summed E-state index contributed by atoms with van der Waals surface area (Å²) in [5.74, 6) is 0.648. The Hall–Kier alpha value is -2.07. The van der Waals surface area contributed by atoms with Crippen LogP contribution in [0.5, 0.6) is 5.88 Å². The van der Waals surface area contributed by atoms with Crippen LogP contribution in [0.25, 0.3) is 0 Å². The van der Waals surface area contributed by atoms with Crippen molar-refractivity contribution in [2.75, 3.05) is 25.1 Å². The summed E-state index contributed by atoms with van der Waals surface area (Å²) in [6, 6.07) is 16.2. The summed E-state index contributed by atoms with van der Waals surface area (Å²) in [7, 11) is 1.63. The van der Waals surface area contributed by atoms with Crippen LogP contribution in [-0.4, -0.2) is 25.2 Å². The van der Waals surface area contributed by atoms with E-state index in [1.807, 2.05) is 36.4 Å². The molecule has 0 unspecified atom stereocenters. The van der Waals surface area contributed by atoms with E-state index in [4.69, 9.17) is 10.5 Å². The molecule has 2 N–H and O–H groups in total. The molecular formula is C16H21N3O. The van der Waals surface area contributed by atoms with Gasteiger partial charge in [0.05, 0.1) is 19.3 Å². The van der Waals surface area contributed by atoms with E-state index in [1.165, 1.54) is 5.69 Å². The smallest absolute Gasteiger partial charge is 0.213 e. The number of nitrogens with two attached hydrogens (primary N) is 1. The third-order valence-electron chi connectivity index (χ3n) is 3.10. The molecule has 4 heteroatoms. The SMILES string of the molecule is COc1cccc(CN(CCCN)c2ccccc2)n1. The van der Waals surface area contributed by atoms with E-state index in [-0.39, 0.29) is 0 Å². The Labute approximate surface area is 120 Å². The topological polar surface area (TPSA) is 51.4 Å². The fraction of sp³-hybridized carbons (Fsp3) is 0.312. The number of nitrogens with zero attached hydrogens (tertiary/aromatic N) is 2. The van der Waals surface area contributed by atoms with Crippen molar-refractivity contribution in [3.8, 4) is 5.88 Å². The lowest BCUT2D eigenvalue weighted by molar-refractivity contribution is 0.396. The van der Waals surface area contributed by atoms with Crippen molar-refractivity contribution in [1.82, 2.24) is 4.98 Å². The molecular weight excluding hydrogens is 250 g/mol. The summed E-state index contributed by atoms with van der Waals surface area (Å²) in [6.07, 6.45) is 0.957. The molecule has 2 aromatic rings. The zero-order valence-electron chi connectivity index (χ0n) is 11.8. The molecule has 0 aliphatic rings. The summed E-state index contributed by atoms with van der Waals surface area (Å²) in [5.41, 5.74) is 7.81. The first-order valence-electron chi connectivity index (χ1n) is 6.83. The highest BCUT2D eigenvalue weighted by molar-refractivity contribution is 5.46. The van der Waals surface area contributed by atoms with Crippen LogP contribution in [0, 0.1) is 0 Å². The van der Waals surface area contributed by atoms with Gasteiger partial charge in [-0.3, -0.25) is 0 Å². The van der Waals surface area contributed by atoms with Gasteiger partial charge in [-0.15, -0.1) is 0 Å². The number of hydrogen-bond donors (Lipinski definition) is 1. The molecule has 0 fully saturated rings. The van der Waals surface area contributed by atoms with Crippen LogP contribution in [-0.2, 0) is 6.54 Å². The summed E-state index contributed by atoms with van der Waals surface area (Å²) in [6.45, 7) is 2.36. The first-order valence-corrected chi connectivity index (χ1v) is 6.83. The number of ether oxygens (including phenoxy) is 1. The number of rotatable bonds is 7. The third-order valence-corrected chi connectivity index (χ3v) is 3.10. The van der Waals surface area contributed by atoms with Crippen LogP contribution in [0.1, 0.15) is 12.1 Å². The minimum absolute atomic E-state index is 0.648. The van der Waals surface area contributed by atoms with E-state index in [0.717, 1.165) is 25.2 Å². The van der Waals surface area contributed by atoms with Gasteiger partial charge in [-0.25, -0.2) is 4.98 Å². The molecule has 2 rings (SSSR count). The standard InChI is InChI=1S/C16H21N3O/c1-20-16-10-5-7-14(18-16)13-19(12-6-11-17)15-8-3-2-4-9-15/h2-5,7-10H,6,11-13,17H2,1H3. The molecule has 0 radical (unpaired) electrons. The van der Waals surface area contributed by atoms with E-state index in [1.54, 1.807) is 7.11 Å². The fourth-order valence-corrected chi connectivity index (χ4v) is 2.08. The van der Waals surface area contributed by atoms with Crippen molar-refractivity contribution in [3.63, 3.8) is 0 Å². The Morgan fingerprint density at radius 3 is 2.60 bits per heavy atom. The maximum atomic E-state index is 5.63. The normalized spacial score (nSPS) is 10.3. The van der Waals surface area contributed by atoms with Gasteiger partial charge in [0.1, 0.15) is 0 Å². The number of pyridine rings is 1. The Kier molecular flexibility index (Phi) is 5.38. The predicted molar refractivity (Wildman–Crippen MR) is 82.0 cm³/mol. The minimum atomic E-state index is 0.648. The van der Waals surface area contributed by atoms with E-state index in [0.29, 0.717) is 12.4 Å². The summed E-state index contributed by atoms with van der Waals surface area (Å²) in [5, 5.41) is 0. The molecule has 0 spiro atoms. The Balaban J connectivity index is 2.14. The van der Waals surface area contributed by atoms with Crippen LogP contribution in [0.15, 0.2) is 48.5 Å². The number of anilines is 1. The number of para-hydroxylation sites is 1. The van der Waals surface area contributed by atoms with Crippen LogP contribution >= 0.6 is 0 Å². The first-order chi connectivity index (χ1) is 9.83. The minimum Gasteiger partial charge on any atom is -0.481 e. The molecule has 0 saturated carbocycles. The van der Waals surface area contributed by atoms with Gasteiger partial charge in [-0.1, -0.05) is 24.3 Å². The quantitative estimate of drug-likeness (QED) is 0.840. The van der Waals surface area contributed by atoms with Gasteiger partial charge in [-0.05, 0) is 31.2 Å².